The van der Waals surface area contributed by atoms with E-state index in [-0.39, 0.29) is 5.91 Å². The number of aryl methyl sites for hydroxylation is 1. The van der Waals surface area contributed by atoms with Gasteiger partial charge in [0.1, 0.15) is 11.7 Å². The van der Waals surface area contributed by atoms with Crippen molar-refractivity contribution >= 4 is 5.91 Å². The number of amides is 1. The first-order chi connectivity index (χ1) is 6.56. The highest BCUT2D eigenvalue weighted by Crippen LogP contribution is 2.03. The molecule has 0 aliphatic heterocycles. The molecule has 14 heavy (non-hydrogen) atoms. The molecule has 0 radical (unpaired) electrons. The highest BCUT2D eigenvalue weighted by molar-refractivity contribution is 5.92. The molecule has 1 aromatic rings. The zero-order valence-corrected chi connectivity index (χ0v) is 8.43. The van der Waals surface area contributed by atoms with E-state index in [2.05, 4.69) is 5.10 Å². The SMILES string of the molecule is CC(C#N)N(C)C(=O)c1ccn(C)n1. The topological polar surface area (TPSA) is 61.9 Å². The lowest BCUT2D eigenvalue weighted by Crippen LogP contribution is -2.34. The summed E-state index contributed by atoms with van der Waals surface area (Å²) in [6.45, 7) is 1.67. The second kappa shape index (κ2) is 3.92. The number of hydrogen-bond acceptors (Lipinski definition) is 3. The summed E-state index contributed by atoms with van der Waals surface area (Å²) >= 11 is 0. The van der Waals surface area contributed by atoms with E-state index in [0.717, 1.165) is 0 Å². The molecule has 1 aromatic heterocycles. The Labute approximate surface area is 82.5 Å². The average Bonchev–Trinajstić information content (AvgIpc) is 2.61. The maximum Gasteiger partial charge on any atom is 0.275 e. The first kappa shape index (κ1) is 10.3. The summed E-state index contributed by atoms with van der Waals surface area (Å²) in [4.78, 5) is 13.0. The normalized spacial score (nSPS) is 11.9. The molecule has 0 fully saturated rings. The Morgan fingerprint density at radius 1 is 1.79 bits per heavy atom. The highest BCUT2D eigenvalue weighted by Gasteiger charge is 2.18. The lowest BCUT2D eigenvalue weighted by atomic mass is 10.3. The van der Waals surface area contributed by atoms with Crippen molar-refractivity contribution in [3.05, 3.63) is 18.0 Å². The van der Waals surface area contributed by atoms with E-state index in [1.807, 2.05) is 6.07 Å². The average molecular weight is 192 g/mol. The van der Waals surface area contributed by atoms with Crippen molar-refractivity contribution in [1.29, 1.82) is 5.26 Å². The van der Waals surface area contributed by atoms with Crippen molar-refractivity contribution in [2.45, 2.75) is 13.0 Å². The molecule has 1 atom stereocenters. The quantitative estimate of drug-likeness (QED) is 0.681. The van der Waals surface area contributed by atoms with Gasteiger partial charge in [-0.1, -0.05) is 0 Å². The molecule has 1 amide bonds. The Kier molecular flexibility index (Phi) is 2.87. The Morgan fingerprint density at radius 2 is 2.43 bits per heavy atom. The summed E-state index contributed by atoms with van der Waals surface area (Å²) in [6, 6.07) is 3.18. The zero-order chi connectivity index (χ0) is 10.7. The third-order valence-electron chi connectivity index (χ3n) is 2.02. The number of rotatable bonds is 2. The van der Waals surface area contributed by atoms with Crippen LogP contribution in [0.4, 0.5) is 0 Å². The second-order valence-electron chi connectivity index (χ2n) is 3.10. The van der Waals surface area contributed by atoms with Gasteiger partial charge >= 0.3 is 0 Å². The molecule has 1 unspecified atom stereocenters. The van der Waals surface area contributed by atoms with E-state index in [0.29, 0.717) is 5.69 Å². The van der Waals surface area contributed by atoms with Crippen LogP contribution in [0.1, 0.15) is 17.4 Å². The zero-order valence-electron chi connectivity index (χ0n) is 8.43. The lowest BCUT2D eigenvalue weighted by Gasteiger charge is -2.17. The minimum atomic E-state index is -0.440. The number of carbonyl (C=O) groups excluding carboxylic acids is 1. The Morgan fingerprint density at radius 3 is 2.86 bits per heavy atom. The van der Waals surface area contributed by atoms with Crippen LogP contribution in [0.2, 0.25) is 0 Å². The molecule has 0 bridgehead atoms. The first-order valence-corrected chi connectivity index (χ1v) is 4.22. The first-order valence-electron chi connectivity index (χ1n) is 4.22. The maximum atomic E-state index is 11.7. The van der Waals surface area contributed by atoms with Crippen molar-refractivity contribution in [2.24, 2.45) is 7.05 Å². The maximum absolute atomic E-state index is 11.7. The lowest BCUT2D eigenvalue weighted by molar-refractivity contribution is 0.0766. The third kappa shape index (κ3) is 1.91. The van der Waals surface area contributed by atoms with Gasteiger partial charge in [-0.3, -0.25) is 9.48 Å². The molecule has 5 heteroatoms. The summed E-state index contributed by atoms with van der Waals surface area (Å²) in [6.07, 6.45) is 1.69. The number of hydrogen-bond donors (Lipinski definition) is 0. The minimum absolute atomic E-state index is 0.236. The van der Waals surface area contributed by atoms with Crippen molar-refractivity contribution in [3.63, 3.8) is 0 Å². The van der Waals surface area contributed by atoms with E-state index < -0.39 is 6.04 Å². The largest absolute Gasteiger partial charge is 0.325 e. The fraction of sp³-hybridized carbons (Fsp3) is 0.444. The summed E-state index contributed by atoms with van der Waals surface area (Å²) in [7, 11) is 3.33. The fourth-order valence-electron chi connectivity index (χ4n) is 0.972. The third-order valence-corrected chi connectivity index (χ3v) is 2.02. The van der Waals surface area contributed by atoms with Gasteiger partial charge in [-0.15, -0.1) is 0 Å². The van der Waals surface area contributed by atoms with Crippen molar-refractivity contribution in [3.8, 4) is 6.07 Å². The minimum Gasteiger partial charge on any atom is -0.325 e. The van der Waals surface area contributed by atoms with Crippen LogP contribution in [-0.4, -0.2) is 33.7 Å². The number of carbonyl (C=O) groups is 1. The summed E-state index contributed by atoms with van der Waals surface area (Å²) in [5.41, 5.74) is 0.358. The van der Waals surface area contributed by atoms with Crippen LogP contribution in [0.15, 0.2) is 12.3 Å². The molecule has 0 saturated carbocycles. The van der Waals surface area contributed by atoms with Gasteiger partial charge in [0.15, 0.2) is 0 Å². The number of nitrogens with zero attached hydrogens (tertiary/aromatic N) is 4. The molecule has 0 aromatic carbocycles. The van der Waals surface area contributed by atoms with Crippen LogP contribution in [0.5, 0.6) is 0 Å². The monoisotopic (exact) mass is 192 g/mol. The second-order valence-corrected chi connectivity index (χ2v) is 3.10. The van der Waals surface area contributed by atoms with Crippen LogP contribution in [0, 0.1) is 11.3 Å². The van der Waals surface area contributed by atoms with E-state index in [1.165, 1.54) is 4.90 Å². The van der Waals surface area contributed by atoms with Crippen molar-refractivity contribution in [1.82, 2.24) is 14.7 Å². The fourth-order valence-corrected chi connectivity index (χ4v) is 0.972. The molecule has 0 aliphatic carbocycles. The van der Waals surface area contributed by atoms with Gasteiger partial charge in [0, 0.05) is 20.3 Å². The smallest absolute Gasteiger partial charge is 0.275 e. The van der Waals surface area contributed by atoms with Gasteiger partial charge in [-0.25, -0.2) is 0 Å². The van der Waals surface area contributed by atoms with Gasteiger partial charge in [0.05, 0.1) is 6.07 Å². The molecule has 1 rings (SSSR count). The molecule has 0 N–H and O–H groups in total. The van der Waals surface area contributed by atoms with Gasteiger partial charge in [-0.05, 0) is 13.0 Å². The van der Waals surface area contributed by atoms with Crippen LogP contribution >= 0.6 is 0 Å². The van der Waals surface area contributed by atoms with E-state index >= 15 is 0 Å². The molecule has 0 saturated heterocycles. The van der Waals surface area contributed by atoms with Gasteiger partial charge in [0.25, 0.3) is 5.91 Å². The predicted molar refractivity (Wildman–Crippen MR) is 50.4 cm³/mol. The predicted octanol–water partition coefficient (Wildman–Crippen LogP) is 0.404. The summed E-state index contributed by atoms with van der Waals surface area (Å²) < 4.78 is 1.55. The molecular weight excluding hydrogens is 180 g/mol. The van der Waals surface area contributed by atoms with Crippen LogP contribution in [-0.2, 0) is 7.05 Å². The Bertz CT molecular complexity index is 376. The summed E-state index contributed by atoms with van der Waals surface area (Å²) in [5.74, 6) is -0.236. The summed E-state index contributed by atoms with van der Waals surface area (Å²) in [5, 5.41) is 12.6. The van der Waals surface area contributed by atoms with Crippen LogP contribution < -0.4 is 0 Å². The van der Waals surface area contributed by atoms with Crippen molar-refractivity contribution < 1.29 is 4.79 Å². The molecule has 5 nitrogen and oxygen atoms in total. The van der Waals surface area contributed by atoms with Gasteiger partial charge in [-0.2, -0.15) is 10.4 Å². The molecule has 1 heterocycles. The van der Waals surface area contributed by atoms with Gasteiger partial charge in [0.2, 0.25) is 0 Å². The van der Waals surface area contributed by atoms with Crippen LogP contribution in [0.3, 0.4) is 0 Å². The van der Waals surface area contributed by atoms with Crippen LogP contribution in [0.25, 0.3) is 0 Å². The van der Waals surface area contributed by atoms with E-state index in [9.17, 15) is 4.79 Å². The molecular formula is C9H12N4O. The van der Waals surface area contributed by atoms with E-state index in [1.54, 1.807) is 38.0 Å². The molecule has 0 spiro atoms. The standard InChI is InChI=1S/C9H12N4O/c1-7(6-10)13(3)9(14)8-4-5-12(2)11-8/h4-5,7H,1-3H3. The highest BCUT2D eigenvalue weighted by atomic mass is 16.2. The molecule has 0 aliphatic rings. The number of aromatic nitrogens is 2. The number of nitriles is 1. The molecule has 74 valence electrons. The van der Waals surface area contributed by atoms with Gasteiger partial charge < -0.3 is 4.90 Å². The van der Waals surface area contributed by atoms with E-state index in [4.69, 9.17) is 5.26 Å². The Balaban J connectivity index is 2.81. The Hall–Kier alpha value is -1.83. The van der Waals surface area contributed by atoms with Crippen molar-refractivity contribution in [2.75, 3.05) is 7.05 Å².